The van der Waals surface area contributed by atoms with Gasteiger partial charge < -0.3 is 0 Å². The second kappa shape index (κ2) is 5.94. The van der Waals surface area contributed by atoms with Crippen LogP contribution in [0, 0.1) is 28.6 Å². The number of hydrogen-bond acceptors (Lipinski definition) is 2. The molecule has 3 rings (SSSR count). The molecule has 2 saturated carbocycles. The van der Waals surface area contributed by atoms with Crippen molar-refractivity contribution in [2.45, 2.75) is 73.6 Å². The van der Waals surface area contributed by atoms with Gasteiger partial charge >= 0.3 is 0 Å². The molecular formula is C20H32O2. The number of carbonyl (C=O) groups is 2. The van der Waals surface area contributed by atoms with Crippen molar-refractivity contribution in [1.29, 1.82) is 0 Å². The van der Waals surface area contributed by atoms with E-state index in [-0.39, 0.29) is 22.5 Å². The molecule has 2 heteroatoms. The highest BCUT2D eigenvalue weighted by Crippen LogP contribution is 2.63. The molecular weight excluding hydrogens is 272 g/mol. The van der Waals surface area contributed by atoms with E-state index in [4.69, 9.17) is 0 Å². The van der Waals surface area contributed by atoms with Gasteiger partial charge in [0, 0.05) is 18.8 Å². The van der Waals surface area contributed by atoms with Crippen molar-refractivity contribution in [3.8, 4) is 0 Å². The summed E-state index contributed by atoms with van der Waals surface area (Å²) in [5.74, 6) is 1.83. The van der Waals surface area contributed by atoms with Crippen LogP contribution in [0.1, 0.15) is 73.6 Å². The monoisotopic (exact) mass is 304 g/mol. The van der Waals surface area contributed by atoms with E-state index in [1.807, 2.05) is 19.9 Å². The van der Waals surface area contributed by atoms with Crippen molar-refractivity contribution in [2.24, 2.45) is 28.6 Å². The summed E-state index contributed by atoms with van der Waals surface area (Å²) in [5, 5.41) is 0. The standard InChI is InChI=1S/C18H26O2.C2H6/c1-11-10-17(3)7-5-13(19)9-15(17)18(4)8-6-14(20)12(2)16(11)18;1-2/h9,11-12,16H,5-8,10H2,1-4H3;1-2H3/t11?,12?,16?,17-,18?;/m1./s1. The van der Waals surface area contributed by atoms with Crippen LogP contribution in [0.5, 0.6) is 0 Å². The quantitative estimate of drug-likeness (QED) is 0.633. The van der Waals surface area contributed by atoms with Gasteiger partial charge in [-0.1, -0.05) is 47.1 Å². The summed E-state index contributed by atoms with van der Waals surface area (Å²) in [6.07, 6.45) is 6.38. The van der Waals surface area contributed by atoms with Gasteiger partial charge in [0.1, 0.15) is 5.78 Å². The van der Waals surface area contributed by atoms with Gasteiger partial charge in [0.05, 0.1) is 0 Å². The molecule has 0 aliphatic heterocycles. The molecule has 22 heavy (non-hydrogen) atoms. The fourth-order valence-corrected chi connectivity index (χ4v) is 5.81. The maximum Gasteiger partial charge on any atom is 0.155 e. The van der Waals surface area contributed by atoms with Crippen LogP contribution in [0.4, 0.5) is 0 Å². The minimum Gasteiger partial charge on any atom is -0.299 e. The highest BCUT2D eigenvalue weighted by Gasteiger charge is 2.57. The molecule has 4 unspecified atom stereocenters. The second-order valence-electron chi connectivity index (χ2n) is 7.96. The maximum absolute atomic E-state index is 12.2. The Morgan fingerprint density at radius 2 is 1.68 bits per heavy atom. The predicted octanol–water partition coefficient (Wildman–Crippen LogP) is 4.97. The summed E-state index contributed by atoms with van der Waals surface area (Å²) in [7, 11) is 0. The molecule has 2 fully saturated rings. The zero-order chi connectivity index (χ0) is 16.7. The van der Waals surface area contributed by atoms with E-state index in [2.05, 4.69) is 27.7 Å². The van der Waals surface area contributed by atoms with Gasteiger partial charge in [-0.05, 0) is 48.0 Å². The van der Waals surface area contributed by atoms with Gasteiger partial charge in [-0.25, -0.2) is 0 Å². The average Bonchev–Trinajstić information content (AvgIpc) is 2.47. The molecule has 0 aromatic heterocycles. The third kappa shape index (κ3) is 2.49. The lowest BCUT2D eigenvalue weighted by molar-refractivity contribution is -0.134. The number of rotatable bonds is 0. The van der Waals surface area contributed by atoms with Gasteiger partial charge in [0.2, 0.25) is 0 Å². The van der Waals surface area contributed by atoms with Crippen molar-refractivity contribution < 1.29 is 9.59 Å². The number of fused-ring (bicyclic) bond motifs is 3. The van der Waals surface area contributed by atoms with Gasteiger partial charge in [0.15, 0.2) is 5.78 Å². The Balaban J connectivity index is 0.000000847. The molecule has 0 bridgehead atoms. The van der Waals surface area contributed by atoms with Gasteiger partial charge in [0.25, 0.3) is 0 Å². The lowest BCUT2D eigenvalue weighted by Crippen LogP contribution is -2.53. The van der Waals surface area contributed by atoms with Crippen LogP contribution >= 0.6 is 0 Å². The minimum absolute atomic E-state index is 0.0514. The first-order valence-corrected chi connectivity index (χ1v) is 9.06. The topological polar surface area (TPSA) is 34.1 Å². The van der Waals surface area contributed by atoms with Gasteiger partial charge in [-0.3, -0.25) is 9.59 Å². The van der Waals surface area contributed by atoms with E-state index in [1.165, 1.54) is 5.57 Å². The van der Waals surface area contributed by atoms with E-state index in [0.717, 1.165) is 19.3 Å². The summed E-state index contributed by atoms with van der Waals surface area (Å²) in [4.78, 5) is 24.1. The zero-order valence-corrected chi connectivity index (χ0v) is 15.2. The molecule has 0 heterocycles. The molecule has 0 aromatic carbocycles. The average molecular weight is 304 g/mol. The third-order valence-electron chi connectivity index (χ3n) is 6.55. The van der Waals surface area contributed by atoms with E-state index in [1.54, 1.807) is 0 Å². The van der Waals surface area contributed by atoms with Crippen LogP contribution in [-0.4, -0.2) is 11.6 Å². The molecule has 0 radical (unpaired) electrons. The highest BCUT2D eigenvalue weighted by molar-refractivity contribution is 5.92. The predicted molar refractivity (Wildman–Crippen MR) is 90.6 cm³/mol. The number of ketones is 2. The van der Waals surface area contributed by atoms with Crippen LogP contribution in [0.2, 0.25) is 0 Å². The first kappa shape index (κ1) is 17.4. The molecule has 0 N–H and O–H groups in total. The highest BCUT2D eigenvalue weighted by atomic mass is 16.1. The molecule has 5 atom stereocenters. The van der Waals surface area contributed by atoms with E-state index in [9.17, 15) is 9.59 Å². The van der Waals surface area contributed by atoms with Crippen molar-refractivity contribution in [3.63, 3.8) is 0 Å². The summed E-state index contributed by atoms with van der Waals surface area (Å²) < 4.78 is 0. The van der Waals surface area contributed by atoms with Gasteiger partial charge in [-0.15, -0.1) is 0 Å². The largest absolute Gasteiger partial charge is 0.299 e. The van der Waals surface area contributed by atoms with Crippen molar-refractivity contribution >= 4 is 11.6 Å². The lowest BCUT2D eigenvalue weighted by atomic mass is 9.44. The minimum atomic E-state index is 0.0514. The third-order valence-corrected chi connectivity index (χ3v) is 6.55. The molecule has 3 aliphatic rings. The fraction of sp³-hybridized carbons (Fsp3) is 0.800. The first-order chi connectivity index (χ1) is 10.3. The smallest absolute Gasteiger partial charge is 0.155 e. The van der Waals surface area contributed by atoms with Gasteiger partial charge in [-0.2, -0.15) is 0 Å². The number of hydrogen-bond donors (Lipinski definition) is 0. The normalized spacial score (nSPS) is 44.3. The van der Waals surface area contributed by atoms with E-state index >= 15 is 0 Å². The van der Waals surface area contributed by atoms with Crippen LogP contribution in [-0.2, 0) is 9.59 Å². The Morgan fingerprint density at radius 3 is 2.32 bits per heavy atom. The summed E-state index contributed by atoms with van der Waals surface area (Å²) in [6.45, 7) is 13.1. The Kier molecular flexibility index (Phi) is 4.71. The van der Waals surface area contributed by atoms with E-state index in [0.29, 0.717) is 30.5 Å². The summed E-state index contributed by atoms with van der Waals surface area (Å²) >= 11 is 0. The Bertz CT molecular complexity index is 504. The Morgan fingerprint density at radius 1 is 1.05 bits per heavy atom. The molecule has 0 spiro atoms. The van der Waals surface area contributed by atoms with Crippen LogP contribution in [0.15, 0.2) is 11.6 Å². The number of Topliss-reactive ketones (excluding diaryl/α,β-unsaturated/α-hetero) is 1. The van der Waals surface area contributed by atoms with E-state index < -0.39 is 0 Å². The van der Waals surface area contributed by atoms with Crippen LogP contribution < -0.4 is 0 Å². The zero-order valence-electron chi connectivity index (χ0n) is 15.2. The molecule has 0 aromatic rings. The summed E-state index contributed by atoms with van der Waals surface area (Å²) in [5.41, 5.74) is 1.60. The Hall–Kier alpha value is -0.920. The molecule has 0 saturated heterocycles. The molecule has 2 nitrogen and oxygen atoms in total. The SMILES string of the molecule is CC.CC1C[C@@]2(C)CCC(=O)C=C2C2(C)CCC(=O)C(C)C12. The lowest BCUT2D eigenvalue weighted by Gasteiger charge is -2.59. The van der Waals surface area contributed by atoms with Crippen LogP contribution in [0.25, 0.3) is 0 Å². The van der Waals surface area contributed by atoms with Crippen molar-refractivity contribution in [2.75, 3.05) is 0 Å². The van der Waals surface area contributed by atoms with Crippen molar-refractivity contribution in [1.82, 2.24) is 0 Å². The molecule has 0 amide bonds. The fourth-order valence-electron chi connectivity index (χ4n) is 5.81. The second-order valence-corrected chi connectivity index (χ2v) is 7.96. The maximum atomic E-state index is 12.2. The van der Waals surface area contributed by atoms with Crippen molar-refractivity contribution in [3.05, 3.63) is 11.6 Å². The summed E-state index contributed by atoms with van der Waals surface area (Å²) in [6, 6.07) is 0. The first-order valence-electron chi connectivity index (χ1n) is 9.06. The molecule has 124 valence electrons. The molecule has 3 aliphatic carbocycles. The number of allylic oxidation sites excluding steroid dienone is 2. The number of carbonyl (C=O) groups excluding carboxylic acids is 2. The van der Waals surface area contributed by atoms with Crippen LogP contribution in [0.3, 0.4) is 0 Å². The Labute approximate surface area is 135 Å².